The molecule has 0 aliphatic heterocycles. The minimum absolute atomic E-state index is 0.205. The zero-order valence-corrected chi connectivity index (χ0v) is 14.7. The molecule has 0 fully saturated rings. The number of pyridine rings is 2. The zero-order valence-electron chi connectivity index (χ0n) is 13.2. The van der Waals surface area contributed by atoms with Crippen LogP contribution in [0, 0.1) is 11.3 Å². The van der Waals surface area contributed by atoms with E-state index in [-0.39, 0.29) is 15.6 Å². The van der Waals surface area contributed by atoms with E-state index in [1.807, 2.05) is 6.07 Å². The number of carbonyl (C=O) groups excluding carboxylic acids is 1. The van der Waals surface area contributed by atoms with Crippen molar-refractivity contribution in [2.45, 2.75) is 0 Å². The van der Waals surface area contributed by atoms with Gasteiger partial charge in [0.05, 0.1) is 21.2 Å². The Balaban J connectivity index is 1.77. The maximum atomic E-state index is 12.4. The van der Waals surface area contributed by atoms with Crippen LogP contribution in [0.15, 0.2) is 54.9 Å². The van der Waals surface area contributed by atoms with Crippen LogP contribution >= 0.6 is 23.2 Å². The predicted molar refractivity (Wildman–Crippen MR) is 101 cm³/mol. The lowest BCUT2D eigenvalue weighted by atomic mass is 10.2. The normalized spacial score (nSPS) is 10.0. The van der Waals surface area contributed by atoms with Gasteiger partial charge in [-0.2, -0.15) is 5.26 Å². The average molecular weight is 384 g/mol. The fraction of sp³-hybridized carbons (Fsp3) is 0. The second kappa shape index (κ2) is 7.83. The summed E-state index contributed by atoms with van der Waals surface area (Å²) in [5.74, 6) is 0.577. The molecule has 2 aromatic heterocycles. The van der Waals surface area contributed by atoms with E-state index in [1.165, 1.54) is 12.4 Å². The topological polar surface area (TPSA) is 90.7 Å². The van der Waals surface area contributed by atoms with Gasteiger partial charge >= 0.3 is 0 Å². The third-order valence-corrected chi connectivity index (χ3v) is 3.99. The number of aromatic nitrogens is 2. The van der Waals surface area contributed by atoms with Crippen LogP contribution in [0.25, 0.3) is 0 Å². The van der Waals surface area contributed by atoms with E-state index in [1.54, 1.807) is 42.5 Å². The minimum Gasteiger partial charge on any atom is -0.325 e. The number of benzene rings is 1. The summed E-state index contributed by atoms with van der Waals surface area (Å²) in [6.45, 7) is 0. The van der Waals surface area contributed by atoms with Crippen LogP contribution in [-0.4, -0.2) is 15.9 Å². The summed E-state index contributed by atoms with van der Waals surface area (Å²) < 4.78 is 0. The molecule has 8 heteroatoms. The summed E-state index contributed by atoms with van der Waals surface area (Å²) in [4.78, 5) is 20.7. The number of hydrogen-bond acceptors (Lipinski definition) is 5. The lowest BCUT2D eigenvalue weighted by Crippen LogP contribution is -2.13. The molecule has 3 rings (SSSR count). The SMILES string of the molecule is N#Cc1ccc(Nc2cc(NC(=O)c3c(Cl)cccc3Cl)ccn2)nc1. The Morgan fingerprint density at radius 1 is 1.04 bits per heavy atom. The molecule has 1 aromatic carbocycles. The first kappa shape index (κ1) is 17.7. The molecule has 0 spiro atoms. The smallest absolute Gasteiger partial charge is 0.258 e. The van der Waals surface area contributed by atoms with Crippen molar-refractivity contribution in [3.05, 3.63) is 76.0 Å². The Morgan fingerprint density at radius 3 is 2.46 bits per heavy atom. The van der Waals surface area contributed by atoms with Gasteiger partial charge in [0.2, 0.25) is 0 Å². The lowest BCUT2D eigenvalue weighted by molar-refractivity contribution is 0.102. The number of halogens is 2. The average Bonchev–Trinajstić information content (AvgIpc) is 2.62. The molecule has 0 saturated carbocycles. The van der Waals surface area contributed by atoms with Crippen LogP contribution in [0.2, 0.25) is 10.0 Å². The Morgan fingerprint density at radius 2 is 1.81 bits per heavy atom. The molecule has 1 amide bonds. The minimum atomic E-state index is -0.422. The first-order valence-corrected chi connectivity index (χ1v) is 8.17. The molecule has 0 aliphatic rings. The molecule has 2 heterocycles. The highest BCUT2D eigenvalue weighted by Gasteiger charge is 2.14. The van der Waals surface area contributed by atoms with Crippen molar-refractivity contribution < 1.29 is 4.79 Å². The monoisotopic (exact) mass is 383 g/mol. The van der Waals surface area contributed by atoms with Crippen molar-refractivity contribution >= 4 is 46.4 Å². The number of anilines is 3. The van der Waals surface area contributed by atoms with E-state index in [2.05, 4.69) is 20.6 Å². The van der Waals surface area contributed by atoms with Gasteiger partial charge in [-0.25, -0.2) is 9.97 Å². The van der Waals surface area contributed by atoms with Gasteiger partial charge in [0.25, 0.3) is 5.91 Å². The quantitative estimate of drug-likeness (QED) is 0.683. The molecule has 0 unspecified atom stereocenters. The van der Waals surface area contributed by atoms with Crippen LogP contribution < -0.4 is 10.6 Å². The van der Waals surface area contributed by atoms with Gasteiger partial charge < -0.3 is 10.6 Å². The second-order valence-corrected chi connectivity index (χ2v) is 5.96. The number of carbonyl (C=O) groups is 1. The fourth-order valence-electron chi connectivity index (χ4n) is 2.15. The standard InChI is InChI=1S/C18H11Cl2N5O/c19-13-2-1-3-14(20)17(13)18(26)24-12-6-7-22-16(8-12)25-15-5-4-11(9-21)10-23-15/h1-8,10H,(H2,22,23,24,25,26). The molecule has 6 nitrogen and oxygen atoms in total. The molecule has 2 N–H and O–H groups in total. The van der Waals surface area contributed by atoms with E-state index in [9.17, 15) is 4.79 Å². The third kappa shape index (κ3) is 4.09. The maximum Gasteiger partial charge on any atom is 0.258 e. The van der Waals surface area contributed by atoms with Crippen molar-refractivity contribution in [2.24, 2.45) is 0 Å². The number of amides is 1. The lowest BCUT2D eigenvalue weighted by Gasteiger charge is -2.10. The molecule has 0 aliphatic carbocycles. The Labute approximate surface area is 159 Å². The molecule has 0 saturated heterocycles. The van der Waals surface area contributed by atoms with E-state index in [0.717, 1.165) is 0 Å². The molecule has 0 radical (unpaired) electrons. The number of nitrogens with one attached hydrogen (secondary N) is 2. The summed E-state index contributed by atoms with van der Waals surface area (Å²) >= 11 is 12.1. The van der Waals surface area contributed by atoms with Crippen molar-refractivity contribution in [3.63, 3.8) is 0 Å². The van der Waals surface area contributed by atoms with Crippen molar-refractivity contribution in [1.82, 2.24) is 9.97 Å². The van der Waals surface area contributed by atoms with E-state index >= 15 is 0 Å². The molecule has 128 valence electrons. The fourth-order valence-corrected chi connectivity index (χ4v) is 2.72. The van der Waals surface area contributed by atoms with E-state index < -0.39 is 5.91 Å². The van der Waals surface area contributed by atoms with Crippen LogP contribution in [0.1, 0.15) is 15.9 Å². The predicted octanol–water partition coefficient (Wildman–Crippen LogP) is 4.65. The van der Waals surface area contributed by atoms with Gasteiger partial charge in [-0.15, -0.1) is 0 Å². The molecular weight excluding hydrogens is 373 g/mol. The maximum absolute atomic E-state index is 12.4. The molecular formula is C18H11Cl2N5O. The summed E-state index contributed by atoms with van der Waals surface area (Å²) in [5, 5.41) is 15.1. The Bertz CT molecular complexity index is 979. The van der Waals surface area contributed by atoms with Crippen LogP contribution in [0.4, 0.5) is 17.3 Å². The van der Waals surface area contributed by atoms with Crippen LogP contribution in [-0.2, 0) is 0 Å². The highest BCUT2D eigenvalue weighted by molar-refractivity contribution is 6.40. The third-order valence-electron chi connectivity index (χ3n) is 3.36. The van der Waals surface area contributed by atoms with Crippen LogP contribution in [0.5, 0.6) is 0 Å². The Kier molecular flexibility index (Phi) is 5.32. The highest BCUT2D eigenvalue weighted by atomic mass is 35.5. The first-order valence-electron chi connectivity index (χ1n) is 7.41. The van der Waals surface area contributed by atoms with Gasteiger partial charge in [-0.05, 0) is 30.3 Å². The van der Waals surface area contributed by atoms with Gasteiger partial charge in [0.1, 0.15) is 17.7 Å². The van der Waals surface area contributed by atoms with Crippen molar-refractivity contribution in [1.29, 1.82) is 5.26 Å². The largest absolute Gasteiger partial charge is 0.325 e. The first-order chi connectivity index (χ1) is 12.6. The summed E-state index contributed by atoms with van der Waals surface area (Å²) in [7, 11) is 0. The number of nitriles is 1. The van der Waals surface area contributed by atoms with Gasteiger partial charge in [0, 0.05) is 24.1 Å². The second-order valence-electron chi connectivity index (χ2n) is 5.15. The van der Waals surface area contributed by atoms with Crippen molar-refractivity contribution in [2.75, 3.05) is 10.6 Å². The van der Waals surface area contributed by atoms with Gasteiger partial charge in [-0.3, -0.25) is 4.79 Å². The van der Waals surface area contributed by atoms with Crippen molar-refractivity contribution in [3.8, 4) is 6.07 Å². The molecule has 0 bridgehead atoms. The summed E-state index contributed by atoms with van der Waals surface area (Å²) in [5.41, 5.74) is 1.18. The number of rotatable bonds is 4. The molecule has 26 heavy (non-hydrogen) atoms. The molecule has 3 aromatic rings. The van der Waals surface area contributed by atoms with Crippen LogP contribution in [0.3, 0.4) is 0 Å². The number of hydrogen-bond donors (Lipinski definition) is 2. The zero-order chi connectivity index (χ0) is 18.5. The number of nitrogens with zero attached hydrogens (tertiary/aromatic N) is 3. The van der Waals surface area contributed by atoms with E-state index in [0.29, 0.717) is 22.9 Å². The summed E-state index contributed by atoms with van der Waals surface area (Å²) in [6, 6.07) is 13.4. The van der Waals surface area contributed by atoms with E-state index in [4.69, 9.17) is 28.5 Å². The van der Waals surface area contributed by atoms with Gasteiger partial charge in [0.15, 0.2) is 0 Å². The summed E-state index contributed by atoms with van der Waals surface area (Å²) in [6.07, 6.45) is 2.99. The highest BCUT2D eigenvalue weighted by Crippen LogP contribution is 2.25. The van der Waals surface area contributed by atoms with Gasteiger partial charge in [-0.1, -0.05) is 29.3 Å². The Hall–Kier alpha value is -3.14. The molecule has 0 atom stereocenters.